The van der Waals surface area contributed by atoms with Crippen molar-refractivity contribution in [3.05, 3.63) is 24.3 Å². The van der Waals surface area contributed by atoms with E-state index in [1.165, 1.54) is 0 Å². The van der Waals surface area contributed by atoms with E-state index in [4.69, 9.17) is 4.65 Å². The summed E-state index contributed by atoms with van der Waals surface area (Å²) in [4.78, 5) is 0. The van der Waals surface area contributed by atoms with Gasteiger partial charge in [-0.25, -0.2) is 0 Å². The van der Waals surface area contributed by atoms with E-state index in [0.717, 1.165) is 19.6 Å². The van der Waals surface area contributed by atoms with Crippen LogP contribution in [0.1, 0.15) is 6.42 Å². The van der Waals surface area contributed by atoms with Gasteiger partial charge in [0.2, 0.25) is 0 Å². The number of rotatable bonds is 1. The number of nitrogens with one attached hydrogen (secondary N) is 1. The van der Waals surface area contributed by atoms with E-state index in [1.54, 1.807) is 0 Å². The third kappa shape index (κ3) is 1.55. The molecule has 0 saturated carbocycles. The summed E-state index contributed by atoms with van der Waals surface area (Å²) in [5.41, 5.74) is 0. The van der Waals surface area contributed by atoms with E-state index < -0.39 is 0 Å². The van der Waals surface area contributed by atoms with Crippen LogP contribution in [0.5, 0.6) is 0 Å². The van der Waals surface area contributed by atoms with E-state index in [1.807, 2.05) is 0 Å². The molecule has 0 aromatic rings. The topological polar surface area (TPSA) is 21.3 Å². The Morgan fingerprint density at radius 1 is 1.36 bits per heavy atom. The number of allylic oxidation sites excluding steroid dienone is 4. The van der Waals surface area contributed by atoms with Gasteiger partial charge >= 0.3 is 7.05 Å². The molecule has 0 radical (unpaired) electrons. The minimum Gasteiger partial charge on any atom is -0.421 e. The molecule has 3 heteroatoms. The van der Waals surface area contributed by atoms with Crippen molar-refractivity contribution < 1.29 is 4.65 Å². The Bertz CT molecular complexity index is 173. The molecule has 1 N–H and O–H groups in total. The lowest BCUT2D eigenvalue weighted by atomic mass is 9.67. The maximum absolute atomic E-state index is 5.55. The van der Waals surface area contributed by atoms with Crippen molar-refractivity contribution in [2.75, 3.05) is 13.2 Å². The third-order valence-electron chi connectivity index (χ3n) is 2.09. The Morgan fingerprint density at radius 2 is 2.18 bits per heavy atom. The predicted molar refractivity (Wildman–Crippen MR) is 46.4 cm³/mol. The Balaban J connectivity index is 1.92. The SMILES string of the molecule is C1=CC(B2NCCCO2)C=C1. The molecule has 2 rings (SSSR count). The largest absolute Gasteiger partial charge is 0.421 e. The molecule has 1 fully saturated rings. The van der Waals surface area contributed by atoms with Crippen molar-refractivity contribution in [2.45, 2.75) is 12.2 Å². The highest BCUT2D eigenvalue weighted by atomic mass is 16.4. The standard InChI is InChI=1S/C8H12BNO/c1-2-5-8(4-1)9-10-6-3-7-11-9/h1-2,4-5,8,10H,3,6-7H2. The van der Waals surface area contributed by atoms with Gasteiger partial charge in [-0.15, -0.1) is 0 Å². The van der Waals surface area contributed by atoms with Gasteiger partial charge in [0.25, 0.3) is 0 Å². The molecule has 1 aliphatic carbocycles. The van der Waals surface area contributed by atoms with Crippen LogP contribution >= 0.6 is 0 Å². The maximum atomic E-state index is 5.55. The average molecular weight is 149 g/mol. The minimum absolute atomic E-state index is 0.221. The van der Waals surface area contributed by atoms with Gasteiger partial charge in [-0.2, -0.15) is 0 Å². The highest BCUT2D eigenvalue weighted by molar-refractivity contribution is 6.52. The Morgan fingerprint density at radius 3 is 2.82 bits per heavy atom. The molecule has 0 aromatic heterocycles. The quantitative estimate of drug-likeness (QED) is 0.561. The number of hydrogen-bond donors (Lipinski definition) is 1. The molecular formula is C8H12BNO. The minimum atomic E-state index is 0.221. The molecule has 0 unspecified atom stereocenters. The first-order valence-electron chi connectivity index (χ1n) is 4.17. The normalized spacial score (nSPS) is 24.9. The molecule has 0 bridgehead atoms. The fourth-order valence-corrected chi connectivity index (χ4v) is 1.48. The summed E-state index contributed by atoms with van der Waals surface area (Å²) in [5.74, 6) is 0.454. The van der Waals surface area contributed by atoms with E-state index in [-0.39, 0.29) is 7.05 Å². The van der Waals surface area contributed by atoms with E-state index in [9.17, 15) is 0 Å². The fraction of sp³-hybridized carbons (Fsp3) is 0.500. The van der Waals surface area contributed by atoms with Crippen molar-refractivity contribution >= 4 is 7.05 Å². The van der Waals surface area contributed by atoms with Crippen molar-refractivity contribution in [2.24, 2.45) is 0 Å². The van der Waals surface area contributed by atoms with Crippen molar-refractivity contribution in [3.63, 3.8) is 0 Å². The van der Waals surface area contributed by atoms with Gasteiger partial charge in [0.1, 0.15) is 0 Å². The lowest BCUT2D eigenvalue weighted by molar-refractivity contribution is 0.277. The summed E-state index contributed by atoms with van der Waals surface area (Å²) in [6.07, 6.45) is 9.62. The average Bonchev–Trinajstić information content (AvgIpc) is 2.58. The highest BCUT2D eigenvalue weighted by Crippen LogP contribution is 2.19. The van der Waals surface area contributed by atoms with Gasteiger partial charge in [-0.1, -0.05) is 24.3 Å². The highest BCUT2D eigenvalue weighted by Gasteiger charge is 2.26. The zero-order chi connectivity index (χ0) is 7.52. The summed E-state index contributed by atoms with van der Waals surface area (Å²) >= 11 is 0. The van der Waals surface area contributed by atoms with Gasteiger partial charge in [0.05, 0.1) is 0 Å². The first-order chi connectivity index (χ1) is 5.47. The Kier molecular flexibility index (Phi) is 2.10. The van der Waals surface area contributed by atoms with Gasteiger partial charge in [0, 0.05) is 12.4 Å². The molecule has 1 saturated heterocycles. The number of hydrogen-bond acceptors (Lipinski definition) is 2. The maximum Gasteiger partial charge on any atom is 0.391 e. The van der Waals surface area contributed by atoms with Crippen LogP contribution in [-0.2, 0) is 4.65 Å². The van der Waals surface area contributed by atoms with Crippen LogP contribution in [0.15, 0.2) is 24.3 Å². The molecule has 2 nitrogen and oxygen atoms in total. The molecule has 11 heavy (non-hydrogen) atoms. The second kappa shape index (κ2) is 3.24. The molecule has 1 heterocycles. The first-order valence-corrected chi connectivity index (χ1v) is 4.17. The zero-order valence-electron chi connectivity index (χ0n) is 6.49. The molecule has 58 valence electrons. The van der Waals surface area contributed by atoms with Crippen LogP contribution in [0.25, 0.3) is 0 Å². The molecule has 2 aliphatic rings. The van der Waals surface area contributed by atoms with Crippen LogP contribution < -0.4 is 5.23 Å². The van der Waals surface area contributed by atoms with E-state index >= 15 is 0 Å². The third-order valence-corrected chi connectivity index (χ3v) is 2.09. The van der Waals surface area contributed by atoms with Gasteiger partial charge < -0.3 is 9.88 Å². The van der Waals surface area contributed by atoms with E-state index in [0.29, 0.717) is 5.82 Å². The fourth-order valence-electron chi connectivity index (χ4n) is 1.48. The molecular weight excluding hydrogens is 137 g/mol. The smallest absolute Gasteiger partial charge is 0.391 e. The molecule has 0 aromatic carbocycles. The molecule has 0 spiro atoms. The first kappa shape index (κ1) is 7.13. The van der Waals surface area contributed by atoms with E-state index in [2.05, 4.69) is 29.5 Å². The summed E-state index contributed by atoms with van der Waals surface area (Å²) in [6.45, 7) is 1.98. The van der Waals surface area contributed by atoms with Crippen LogP contribution in [0, 0.1) is 0 Å². The van der Waals surface area contributed by atoms with Gasteiger partial charge in [-0.3, -0.25) is 0 Å². The molecule has 0 amide bonds. The van der Waals surface area contributed by atoms with Gasteiger partial charge in [-0.05, 0) is 13.0 Å². The summed E-state index contributed by atoms with van der Waals surface area (Å²) in [5, 5.41) is 3.34. The summed E-state index contributed by atoms with van der Waals surface area (Å²) in [6, 6.07) is 0. The Hall–Kier alpha value is -0.535. The second-order valence-electron chi connectivity index (χ2n) is 2.95. The lowest BCUT2D eigenvalue weighted by Crippen LogP contribution is -2.44. The van der Waals surface area contributed by atoms with Crippen LogP contribution in [0.2, 0.25) is 5.82 Å². The van der Waals surface area contributed by atoms with Crippen LogP contribution in [0.4, 0.5) is 0 Å². The van der Waals surface area contributed by atoms with Crippen molar-refractivity contribution in [3.8, 4) is 0 Å². The monoisotopic (exact) mass is 149 g/mol. The van der Waals surface area contributed by atoms with Crippen LogP contribution in [0.3, 0.4) is 0 Å². The van der Waals surface area contributed by atoms with Crippen molar-refractivity contribution in [1.82, 2.24) is 5.23 Å². The second-order valence-corrected chi connectivity index (χ2v) is 2.95. The van der Waals surface area contributed by atoms with Crippen LogP contribution in [-0.4, -0.2) is 20.2 Å². The zero-order valence-corrected chi connectivity index (χ0v) is 6.49. The lowest BCUT2D eigenvalue weighted by Gasteiger charge is -2.23. The van der Waals surface area contributed by atoms with Gasteiger partial charge in [0.15, 0.2) is 0 Å². The summed E-state index contributed by atoms with van der Waals surface area (Å²) < 4.78 is 5.55. The predicted octanol–water partition coefficient (Wildman–Crippen LogP) is 0.981. The van der Waals surface area contributed by atoms with Crippen molar-refractivity contribution in [1.29, 1.82) is 0 Å². The molecule has 0 atom stereocenters. The Labute approximate surface area is 67.4 Å². The summed E-state index contributed by atoms with van der Waals surface area (Å²) in [7, 11) is 0.221. The molecule has 1 aliphatic heterocycles.